The summed E-state index contributed by atoms with van der Waals surface area (Å²) < 4.78 is 23.0. The van der Waals surface area contributed by atoms with Crippen LogP contribution in [0.15, 0.2) is 0 Å². The molecule has 23 heavy (non-hydrogen) atoms. The molecule has 0 saturated carbocycles. The molecule has 0 spiro atoms. The van der Waals surface area contributed by atoms with Gasteiger partial charge in [0.15, 0.2) is 9.84 Å². The molecule has 132 valence electrons. The Morgan fingerprint density at radius 2 is 1.65 bits per heavy atom. The van der Waals surface area contributed by atoms with Crippen molar-refractivity contribution in [2.24, 2.45) is 0 Å². The Balaban J connectivity index is 1.58. The molecule has 0 bridgehead atoms. The van der Waals surface area contributed by atoms with E-state index in [-0.39, 0.29) is 17.4 Å². The van der Waals surface area contributed by atoms with E-state index in [1.807, 2.05) is 4.90 Å². The molecule has 0 N–H and O–H groups in total. The van der Waals surface area contributed by atoms with Gasteiger partial charge in [0.25, 0.3) is 0 Å². The Hall–Kier alpha value is -0.660. The third kappa shape index (κ3) is 3.88. The lowest BCUT2D eigenvalue weighted by molar-refractivity contribution is -0.134. The molecule has 0 aromatic rings. The fraction of sp³-hybridized carbons (Fsp3) is 0.938. The monoisotopic (exact) mass is 343 g/mol. The van der Waals surface area contributed by atoms with E-state index in [9.17, 15) is 13.2 Å². The third-order valence-electron chi connectivity index (χ3n) is 5.68. The van der Waals surface area contributed by atoms with Gasteiger partial charge in [-0.2, -0.15) is 0 Å². The van der Waals surface area contributed by atoms with Crippen LogP contribution in [0.1, 0.15) is 32.6 Å². The summed E-state index contributed by atoms with van der Waals surface area (Å²) in [6.07, 6.45) is 4.64. The summed E-state index contributed by atoms with van der Waals surface area (Å²) in [5.41, 5.74) is 0. The Labute approximate surface area is 139 Å². The Bertz CT molecular complexity index is 523. The van der Waals surface area contributed by atoms with Crippen molar-refractivity contribution >= 4 is 15.7 Å². The van der Waals surface area contributed by atoms with Crippen LogP contribution in [0.25, 0.3) is 0 Å². The van der Waals surface area contributed by atoms with Crippen LogP contribution in [0.3, 0.4) is 0 Å². The van der Waals surface area contributed by atoms with Crippen molar-refractivity contribution in [1.82, 2.24) is 14.7 Å². The molecule has 6 nitrogen and oxygen atoms in total. The van der Waals surface area contributed by atoms with Gasteiger partial charge >= 0.3 is 0 Å². The van der Waals surface area contributed by atoms with Crippen molar-refractivity contribution in [1.29, 1.82) is 0 Å². The number of rotatable bonds is 4. The average molecular weight is 343 g/mol. The Morgan fingerprint density at radius 1 is 1.00 bits per heavy atom. The number of likely N-dealkylation sites (tertiary alicyclic amines) is 2. The van der Waals surface area contributed by atoms with E-state index in [1.165, 1.54) is 12.8 Å². The molecule has 0 unspecified atom stereocenters. The fourth-order valence-electron chi connectivity index (χ4n) is 4.37. The largest absolute Gasteiger partial charge is 0.337 e. The number of amides is 1. The first-order chi connectivity index (χ1) is 11.0. The average Bonchev–Trinajstić information content (AvgIpc) is 3.16. The van der Waals surface area contributed by atoms with E-state index in [4.69, 9.17) is 0 Å². The van der Waals surface area contributed by atoms with Crippen molar-refractivity contribution in [3.05, 3.63) is 0 Å². The summed E-state index contributed by atoms with van der Waals surface area (Å²) in [6.45, 7) is 6.66. The molecule has 1 amide bonds. The highest BCUT2D eigenvalue weighted by atomic mass is 32.2. The van der Waals surface area contributed by atoms with E-state index < -0.39 is 9.84 Å². The molecule has 3 saturated heterocycles. The molecule has 7 heteroatoms. The number of likely N-dealkylation sites (N-methyl/N-ethyl adjacent to an activating group) is 1. The molecule has 3 heterocycles. The number of nitrogens with zero attached hydrogens (tertiary/aromatic N) is 3. The number of carbonyl (C=O) groups excluding carboxylic acids is 1. The third-order valence-corrected chi connectivity index (χ3v) is 7.29. The van der Waals surface area contributed by atoms with Crippen LogP contribution in [-0.2, 0) is 14.6 Å². The predicted molar refractivity (Wildman–Crippen MR) is 90.1 cm³/mol. The first-order valence-electron chi connectivity index (χ1n) is 8.96. The van der Waals surface area contributed by atoms with Gasteiger partial charge in [0.2, 0.25) is 5.91 Å². The van der Waals surface area contributed by atoms with Crippen molar-refractivity contribution in [2.75, 3.05) is 50.8 Å². The maximum Gasteiger partial charge on any atom is 0.237 e. The second kappa shape index (κ2) is 7.07. The summed E-state index contributed by atoms with van der Waals surface area (Å²) in [5, 5.41) is 0. The van der Waals surface area contributed by atoms with E-state index in [1.54, 1.807) is 0 Å². The van der Waals surface area contributed by atoms with Crippen LogP contribution in [0.2, 0.25) is 0 Å². The van der Waals surface area contributed by atoms with Crippen molar-refractivity contribution in [3.63, 3.8) is 0 Å². The second-order valence-electron chi connectivity index (χ2n) is 7.06. The van der Waals surface area contributed by atoms with Gasteiger partial charge in [-0.05, 0) is 38.8 Å². The molecule has 0 aromatic carbocycles. The van der Waals surface area contributed by atoms with Gasteiger partial charge in [0.05, 0.1) is 18.1 Å². The zero-order valence-electron chi connectivity index (χ0n) is 14.1. The van der Waals surface area contributed by atoms with Crippen LogP contribution >= 0.6 is 0 Å². The zero-order valence-corrected chi connectivity index (χ0v) is 14.9. The van der Waals surface area contributed by atoms with Crippen molar-refractivity contribution < 1.29 is 13.2 Å². The van der Waals surface area contributed by atoms with Crippen LogP contribution in [-0.4, -0.2) is 91.9 Å². The number of carbonyl (C=O) groups is 1. The van der Waals surface area contributed by atoms with Gasteiger partial charge < -0.3 is 4.90 Å². The van der Waals surface area contributed by atoms with Gasteiger partial charge in [0, 0.05) is 31.7 Å². The molecule has 3 aliphatic rings. The summed E-state index contributed by atoms with van der Waals surface area (Å²) in [5.74, 6) is 0.570. The van der Waals surface area contributed by atoms with Crippen LogP contribution < -0.4 is 0 Å². The normalized spacial score (nSPS) is 32.5. The summed E-state index contributed by atoms with van der Waals surface area (Å²) in [6, 6.07) is 0.881. The highest BCUT2D eigenvalue weighted by molar-refractivity contribution is 7.91. The molecular weight excluding hydrogens is 314 g/mol. The SMILES string of the molecule is CCN1CCC[C@H]1[C@H]1CCCN1C(=O)CN1CCS(=O)(=O)CC1. The highest BCUT2D eigenvalue weighted by Gasteiger charge is 2.39. The topological polar surface area (TPSA) is 60.9 Å². The van der Waals surface area contributed by atoms with E-state index >= 15 is 0 Å². The van der Waals surface area contributed by atoms with Crippen molar-refractivity contribution in [3.8, 4) is 0 Å². The Morgan fingerprint density at radius 3 is 2.35 bits per heavy atom. The first-order valence-corrected chi connectivity index (χ1v) is 10.8. The van der Waals surface area contributed by atoms with Gasteiger partial charge in [-0.3, -0.25) is 14.6 Å². The molecule has 3 fully saturated rings. The van der Waals surface area contributed by atoms with E-state index in [0.717, 1.165) is 32.5 Å². The standard InChI is InChI=1S/C16H29N3O3S/c1-2-18-7-3-5-14(18)15-6-4-8-19(15)16(20)13-17-9-11-23(21,22)12-10-17/h14-15H,2-13H2,1H3/t14-,15+/m0/s1. The molecule has 3 aliphatic heterocycles. The molecule has 3 rings (SSSR count). The minimum Gasteiger partial charge on any atom is -0.337 e. The lowest BCUT2D eigenvalue weighted by Crippen LogP contribution is -2.52. The summed E-state index contributed by atoms with van der Waals surface area (Å²) in [7, 11) is -2.88. The van der Waals surface area contributed by atoms with Crippen LogP contribution in [0.5, 0.6) is 0 Å². The summed E-state index contributed by atoms with van der Waals surface area (Å²) >= 11 is 0. The highest BCUT2D eigenvalue weighted by Crippen LogP contribution is 2.30. The van der Waals surface area contributed by atoms with E-state index in [2.05, 4.69) is 16.7 Å². The molecular formula is C16H29N3O3S. The predicted octanol–water partition coefficient (Wildman–Crippen LogP) is 0.192. The Kier molecular flexibility index (Phi) is 5.28. The quantitative estimate of drug-likeness (QED) is 0.729. The lowest BCUT2D eigenvalue weighted by Gasteiger charge is -2.36. The van der Waals surface area contributed by atoms with Gasteiger partial charge in [-0.15, -0.1) is 0 Å². The van der Waals surface area contributed by atoms with Gasteiger partial charge in [-0.25, -0.2) is 8.42 Å². The maximum atomic E-state index is 12.8. The lowest BCUT2D eigenvalue weighted by atomic mass is 10.0. The molecule has 2 atom stereocenters. The van der Waals surface area contributed by atoms with Gasteiger partial charge in [0.1, 0.15) is 0 Å². The van der Waals surface area contributed by atoms with Crippen LogP contribution in [0.4, 0.5) is 0 Å². The number of hydrogen-bond donors (Lipinski definition) is 0. The van der Waals surface area contributed by atoms with E-state index in [0.29, 0.717) is 31.7 Å². The molecule has 0 radical (unpaired) electrons. The second-order valence-corrected chi connectivity index (χ2v) is 9.37. The van der Waals surface area contributed by atoms with Crippen molar-refractivity contribution in [2.45, 2.75) is 44.7 Å². The maximum absolute atomic E-state index is 12.8. The number of hydrogen-bond acceptors (Lipinski definition) is 5. The van der Waals surface area contributed by atoms with Crippen LogP contribution in [0, 0.1) is 0 Å². The zero-order chi connectivity index (χ0) is 16.4. The summed E-state index contributed by atoms with van der Waals surface area (Å²) in [4.78, 5) is 19.4. The minimum absolute atomic E-state index is 0.190. The fourth-order valence-corrected chi connectivity index (χ4v) is 5.65. The molecule has 0 aliphatic carbocycles. The minimum atomic E-state index is -2.88. The molecule has 0 aromatic heterocycles. The first kappa shape index (κ1) is 17.2. The smallest absolute Gasteiger partial charge is 0.237 e. The number of sulfone groups is 1. The van der Waals surface area contributed by atoms with Gasteiger partial charge in [-0.1, -0.05) is 6.92 Å².